The fourth-order valence-corrected chi connectivity index (χ4v) is 4.68. The Morgan fingerprint density at radius 3 is 2.36 bits per heavy atom. The molecule has 0 unspecified atom stereocenters. The first-order chi connectivity index (χ1) is 16.0. The summed E-state index contributed by atoms with van der Waals surface area (Å²) in [5, 5.41) is 2.85. The van der Waals surface area contributed by atoms with Crippen LogP contribution in [0.15, 0.2) is 82.3 Å². The monoisotopic (exact) mass is 465 g/mol. The zero-order valence-electron chi connectivity index (χ0n) is 18.2. The van der Waals surface area contributed by atoms with Gasteiger partial charge in [-0.05, 0) is 79.4 Å². The van der Waals surface area contributed by atoms with Crippen molar-refractivity contribution >= 4 is 33.4 Å². The summed E-state index contributed by atoms with van der Waals surface area (Å²) in [6.07, 6.45) is 8.29. The Bertz CT molecular complexity index is 1180. The van der Waals surface area contributed by atoms with Crippen LogP contribution in [0.4, 0.5) is 11.4 Å². The van der Waals surface area contributed by atoms with Gasteiger partial charge in [0.2, 0.25) is 15.9 Å². The van der Waals surface area contributed by atoms with Gasteiger partial charge in [0, 0.05) is 30.5 Å². The molecule has 0 saturated carbocycles. The van der Waals surface area contributed by atoms with E-state index in [0.717, 1.165) is 24.3 Å². The minimum absolute atomic E-state index is 0.0795. The number of anilines is 2. The number of nitrogens with one attached hydrogen (secondary N) is 2. The first kappa shape index (κ1) is 22.8. The van der Waals surface area contributed by atoms with Crippen molar-refractivity contribution in [2.45, 2.75) is 30.7 Å². The van der Waals surface area contributed by atoms with Gasteiger partial charge in [0.05, 0.1) is 17.7 Å². The smallest absolute Gasteiger partial charge is 0.248 e. The fourth-order valence-electron chi connectivity index (χ4n) is 3.68. The fraction of sp³-hybridized carbons (Fsp3) is 0.240. The molecule has 1 aromatic heterocycles. The van der Waals surface area contributed by atoms with Gasteiger partial charge in [0.15, 0.2) is 0 Å². The van der Waals surface area contributed by atoms with E-state index in [0.29, 0.717) is 5.76 Å². The molecule has 1 aliphatic heterocycles. The van der Waals surface area contributed by atoms with Crippen molar-refractivity contribution in [3.8, 4) is 0 Å². The molecule has 0 bridgehead atoms. The van der Waals surface area contributed by atoms with Gasteiger partial charge in [-0.1, -0.05) is 12.1 Å². The predicted octanol–water partition coefficient (Wildman–Crippen LogP) is 4.40. The lowest BCUT2D eigenvalue weighted by atomic mass is 10.1. The molecule has 0 aliphatic carbocycles. The van der Waals surface area contributed by atoms with Crippen molar-refractivity contribution in [2.24, 2.45) is 0 Å². The maximum Gasteiger partial charge on any atom is 0.248 e. The van der Waals surface area contributed by atoms with Crippen LogP contribution in [0.5, 0.6) is 0 Å². The van der Waals surface area contributed by atoms with Gasteiger partial charge < -0.3 is 14.6 Å². The second kappa shape index (κ2) is 10.5. The van der Waals surface area contributed by atoms with E-state index in [4.69, 9.17) is 4.42 Å². The van der Waals surface area contributed by atoms with E-state index in [-0.39, 0.29) is 17.3 Å². The molecule has 0 atom stereocenters. The van der Waals surface area contributed by atoms with E-state index < -0.39 is 10.0 Å². The summed E-state index contributed by atoms with van der Waals surface area (Å²) < 4.78 is 32.4. The zero-order valence-corrected chi connectivity index (χ0v) is 19.1. The number of nitrogens with zero attached hydrogens (tertiary/aromatic N) is 1. The number of furan rings is 1. The highest BCUT2D eigenvalue weighted by atomic mass is 32.2. The van der Waals surface area contributed by atoms with Crippen LogP contribution in [0.25, 0.3) is 6.08 Å². The Labute approximate surface area is 194 Å². The van der Waals surface area contributed by atoms with E-state index in [2.05, 4.69) is 14.9 Å². The van der Waals surface area contributed by atoms with Crippen molar-refractivity contribution in [1.82, 2.24) is 4.72 Å². The third-order valence-electron chi connectivity index (χ3n) is 5.49. The van der Waals surface area contributed by atoms with Crippen LogP contribution in [0.1, 0.15) is 30.6 Å². The van der Waals surface area contributed by atoms with Crippen molar-refractivity contribution < 1.29 is 17.6 Å². The molecule has 0 radical (unpaired) electrons. The summed E-state index contributed by atoms with van der Waals surface area (Å²) in [6.45, 7) is 2.24. The lowest BCUT2D eigenvalue weighted by Crippen LogP contribution is -2.29. The zero-order chi connectivity index (χ0) is 23.1. The largest absolute Gasteiger partial charge is 0.468 e. The summed E-state index contributed by atoms with van der Waals surface area (Å²) in [4.78, 5) is 14.8. The van der Waals surface area contributed by atoms with Crippen LogP contribution in [0.2, 0.25) is 0 Å². The molecule has 3 aromatic rings. The van der Waals surface area contributed by atoms with Crippen molar-refractivity contribution in [3.05, 3.63) is 84.3 Å². The highest BCUT2D eigenvalue weighted by Crippen LogP contribution is 2.22. The summed E-state index contributed by atoms with van der Waals surface area (Å²) in [6, 6.07) is 17.6. The maximum atomic E-state index is 12.4. The third kappa shape index (κ3) is 6.34. The molecule has 1 amide bonds. The van der Waals surface area contributed by atoms with E-state index in [9.17, 15) is 13.2 Å². The lowest BCUT2D eigenvalue weighted by molar-refractivity contribution is -0.111. The molecular formula is C25H27N3O4S. The summed E-state index contributed by atoms with van der Waals surface area (Å²) in [5.74, 6) is 0.280. The van der Waals surface area contributed by atoms with Crippen LogP contribution < -0.4 is 14.9 Å². The molecule has 8 heteroatoms. The van der Waals surface area contributed by atoms with E-state index >= 15 is 0 Å². The molecule has 1 saturated heterocycles. The highest BCUT2D eigenvalue weighted by Gasteiger charge is 2.14. The van der Waals surface area contributed by atoms with Crippen LogP contribution in [-0.4, -0.2) is 27.4 Å². The van der Waals surface area contributed by atoms with E-state index in [1.807, 2.05) is 24.3 Å². The number of benzene rings is 2. The number of carbonyl (C=O) groups is 1. The first-order valence-electron chi connectivity index (χ1n) is 11.0. The molecule has 2 heterocycles. The minimum atomic E-state index is -3.65. The van der Waals surface area contributed by atoms with E-state index in [1.165, 1.54) is 49.4 Å². The molecule has 2 aromatic carbocycles. The lowest BCUT2D eigenvalue weighted by Gasteiger charge is -2.28. The van der Waals surface area contributed by atoms with Crippen LogP contribution in [0.3, 0.4) is 0 Å². The second-order valence-corrected chi connectivity index (χ2v) is 9.66. The highest BCUT2D eigenvalue weighted by molar-refractivity contribution is 7.89. The van der Waals surface area contributed by atoms with Gasteiger partial charge in [-0.15, -0.1) is 0 Å². The maximum absolute atomic E-state index is 12.4. The minimum Gasteiger partial charge on any atom is -0.468 e. The van der Waals surface area contributed by atoms with Crippen LogP contribution >= 0.6 is 0 Å². The quantitative estimate of drug-likeness (QED) is 0.481. The molecule has 1 aliphatic rings. The van der Waals surface area contributed by atoms with Crippen molar-refractivity contribution in [2.75, 3.05) is 23.3 Å². The Balaban J connectivity index is 1.30. The number of sulfonamides is 1. The number of amides is 1. The topological polar surface area (TPSA) is 91.6 Å². The summed E-state index contributed by atoms with van der Waals surface area (Å²) in [7, 11) is -3.65. The number of rotatable bonds is 8. The average molecular weight is 466 g/mol. The standard InChI is InChI=1S/C25H27N3O4S/c29-25(27-21-9-11-22(12-10-21)28-16-2-1-3-17-28)15-8-20-6-13-24(14-7-20)33(30,31)26-19-23-5-4-18-32-23/h4-15,18,26H,1-3,16-17,19H2,(H,27,29)/b15-8+. The van der Waals surface area contributed by atoms with E-state index in [1.54, 1.807) is 30.3 Å². The first-order valence-corrected chi connectivity index (χ1v) is 12.4. The number of hydrogen-bond acceptors (Lipinski definition) is 5. The Morgan fingerprint density at radius 2 is 1.70 bits per heavy atom. The predicted molar refractivity (Wildman–Crippen MR) is 129 cm³/mol. The molecule has 1 fully saturated rings. The number of carbonyl (C=O) groups excluding carboxylic acids is 1. The van der Waals surface area contributed by atoms with Gasteiger partial charge in [0.1, 0.15) is 5.76 Å². The van der Waals surface area contributed by atoms with Gasteiger partial charge in [-0.3, -0.25) is 4.79 Å². The molecule has 4 rings (SSSR count). The van der Waals surface area contributed by atoms with Crippen molar-refractivity contribution in [3.63, 3.8) is 0 Å². The molecule has 7 nitrogen and oxygen atoms in total. The van der Waals surface area contributed by atoms with Gasteiger partial charge in [-0.2, -0.15) is 0 Å². The molecular weight excluding hydrogens is 438 g/mol. The molecule has 172 valence electrons. The summed E-state index contributed by atoms with van der Waals surface area (Å²) in [5.41, 5.74) is 2.63. The van der Waals surface area contributed by atoms with Gasteiger partial charge in [-0.25, -0.2) is 13.1 Å². The Hall–Kier alpha value is -3.36. The van der Waals surface area contributed by atoms with Crippen molar-refractivity contribution in [1.29, 1.82) is 0 Å². The molecule has 33 heavy (non-hydrogen) atoms. The normalized spacial score (nSPS) is 14.5. The summed E-state index contributed by atoms with van der Waals surface area (Å²) >= 11 is 0. The van der Waals surface area contributed by atoms with Crippen LogP contribution in [0, 0.1) is 0 Å². The SMILES string of the molecule is O=C(/C=C/c1ccc(S(=O)(=O)NCc2ccco2)cc1)Nc1ccc(N2CCCCC2)cc1. The van der Waals surface area contributed by atoms with Crippen LogP contribution in [-0.2, 0) is 21.4 Å². The average Bonchev–Trinajstić information content (AvgIpc) is 3.37. The number of hydrogen-bond donors (Lipinski definition) is 2. The van der Waals surface area contributed by atoms with Gasteiger partial charge >= 0.3 is 0 Å². The molecule has 2 N–H and O–H groups in total. The Morgan fingerprint density at radius 1 is 0.970 bits per heavy atom. The Kier molecular flexibility index (Phi) is 7.26. The molecule has 0 spiro atoms. The second-order valence-electron chi connectivity index (χ2n) is 7.89. The van der Waals surface area contributed by atoms with Gasteiger partial charge in [0.25, 0.3) is 0 Å². The third-order valence-corrected chi connectivity index (χ3v) is 6.91. The number of piperidine rings is 1.